The van der Waals surface area contributed by atoms with Crippen molar-refractivity contribution in [3.05, 3.63) is 136 Å². The second-order valence-electron chi connectivity index (χ2n) is 8.52. The van der Waals surface area contributed by atoms with Crippen LogP contribution in [0.15, 0.2) is 109 Å². The van der Waals surface area contributed by atoms with Crippen molar-refractivity contribution in [2.24, 2.45) is 0 Å². The Morgan fingerprint density at radius 3 is 1.92 bits per heavy atom. The van der Waals surface area contributed by atoms with E-state index in [1.165, 1.54) is 12.1 Å². The third-order valence-corrected chi connectivity index (χ3v) is 5.76. The first-order chi connectivity index (χ1) is 18.1. The number of ketones is 1. The Labute approximate surface area is 216 Å². The monoisotopic (exact) mass is 496 g/mol. The van der Waals surface area contributed by atoms with Crippen molar-refractivity contribution in [3.63, 3.8) is 0 Å². The molecule has 0 fully saturated rings. The maximum absolute atomic E-state index is 13.1. The molecule has 4 aromatic rings. The molecule has 0 aliphatic carbocycles. The fourth-order valence-corrected chi connectivity index (χ4v) is 3.78. The van der Waals surface area contributed by atoms with Gasteiger partial charge in [0.05, 0.1) is 11.5 Å². The lowest BCUT2D eigenvalue weighted by atomic mass is 10.1. The predicted octanol–water partition coefficient (Wildman–Crippen LogP) is 5.94. The summed E-state index contributed by atoms with van der Waals surface area (Å²) in [5, 5.41) is 10.8. The molecule has 0 radical (unpaired) electrons. The molecule has 0 heterocycles. The van der Waals surface area contributed by atoms with Crippen molar-refractivity contribution in [3.8, 4) is 11.5 Å². The van der Waals surface area contributed by atoms with Crippen molar-refractivity contribution in [1.82, 2.24) is 4.90 Å². The van der Waals surface area contributed by atoms with Crippen LogP contribution in [0.4, 0.5) is 5.69 Å². The molecule has 0 unspecified atom stereocenters. The first kappa shape index (κ1) is 25.6. The number of carbonyl (C=O) groups is 1. The molecule has 7 heteroatoms. The van der Waals surface area contributed by atoms with Crippen LogP contribution in [0, 0.1) is 10.1 Å². The zero-order chi connectivity index (χ0) is 25.9. The molecule has 0 aromatic heterocycles. The number of Topliss-reactive ketones (excluding diaryl/α,β-unsaturated/α-hetero) is 1. The van der Waals surface area contributed by atoms with E-state index in [0.29, 0.717) is 43.4 Å². The molecule has 0 aliphatic heterocycles. The minimum atomic E-state index is -0.446. The smallest absolute Gasteiger partial charge is 0.269 e. The lowest BCUT2D eigenvalue weighted by Gasteiger charge is -2.22. The summed E-state index contributed by atoms with van der Waals surface area (Å²) >= 11 is 0. The van der Waals surface area contributed by atoms with Crippen LogP contribution in [0.3, 0.4) is 0 Å². The van der Waals surface area contributed by atoms with Crippen molar-refractivity contribution in [2.45, 2.75) is 13.2 Å². The first-order valence-corrected chi connectivity index (χ1v) is 12.0. The number of hydrogen-bond donors (Lipinski definition) is 0. The molecule has 0 saturated carbocycles. The standard InChI is InChI=1S/C30H28N2O5/c33-30(26-11-15-29(16-12-26)37-23-25-9-5-2-6-10-25)22-31(21-24-7-3-1-4-8-24)19-20-36-28-17-13-27(14-18-28)32(34)35/h1-18H,19-23H2. The fourth-order valence-electron chi connectivity index (χ4n) is 3.78. The largest absolute Gasteiger partial charge is 0.492 e. The molecule has 188 valence electrons. The Hall–Kier alpha value is -4.49. The van der Waals surface area contributed by atoms with Crippen molar-refractivity contribution in [1.29, 1.82) is 0 Å². The third kappa shape index (κ3) is 8.02. The molecule has 0 N–H and O–H groups in total. The van der Waals surface area contributed by atoms with Crippen molar-refractivity contribution in [2.75, 3.05) is 19.7 Å². The van der Waals surface area contributed by atoms with Gasteiger partial charge < -0.3 is 9.47 Å². The molecular weight excluding hydrogens is 468 g/mol. The van der Waals surface area contributed by atoms with Gasteiger partial charge in [0.2, 0.25) is 0 Å². The fraction of sp³-hybridized carbons (Fsp3) is 0.167. The average molecular weight is 497 g/mol. The van der Waals surface area contributed by atoms with Crippen molar-refractivity contribution >= 4 is 11.5 Å². The highest BCUT2D eigenvalue weighted by Crippen LogP contribution is 2.18. The number of carbonyl (C=O) groups excluding carboxylic acids is 1. The Balaban J connectivity index is 1.34. The first-order valence-electron chi connectivity index (χ1n) is 12.0. The van der Waals surface area contributed by atoms with Gasteiger partial charge in [-0.2, -0.15) is 0 Å². The van der Waals surface area contributed by atoms with E-state index < -0.39 is 4.92 Å². The van der Waals surface area contributed by atoms with E-state index in [1.807, 2.05) is 77.7 Å². The molecule has 4 aromatic carbocycles. The second-order valence-corrected chi connectivity index (χ2v) is 8.52. The Bertz CT molecular complexity index is 1280. The number of nitro benzene ring substituents is 1. The molecule has 0 spiro atoms. The summed E-state index contributed by atoms with van der Waals surface area (Å²) in [6, 6.07) is 33.0. The van der Waals surface area contributed by atoms with E-state index in [-0.39, 0.29) is 18.0 Å². The number of non-ortho nitro benzene ring substituents is 1. The summed E-state index contributed by atoms with van der Waals surface area (Å²) in [7, 11) is 0. The summed E-state index contributed by atoms with van der Waals surface area (Å²) in [6.45, 7) is 2.13. The molecule has 0 atom stereocenters. The van der Waals surface area contributed by atoms with Crippen LogP contribution in [0.5, 0.6) is 11.5 Å². The molecular formula is C30H28N2O5. The number of hydrogen-bond acceptors (Lipinski definition) is 6. The summed E-state index contributed by atoms with van der Waals surface area (Å²) in [6.07, 6.45) is 0. The number of benzene rings is 4. The summed E-state index contributed by atoms with van der Waals surface area (Å²) < 4.78 is 11.6. The zero-order valence-electron chi connectivity index (χ0n) is 20.4. The van der Waals surface area contributed by atoms with Crippen LogP contribution in [0.25, 0.3) is 0 Å². The van der Waals surface area contributed by atoms with Crippen LogP contribution >= 0.6 is 0 Å². The number of rotatable bonds is 13. The highest BCUT2D eigenvalue weighted by molar-refractivity contribution is 5.97. The van der Waals surface area contributed by atoms with E-state index in [1.54, 1.807) is 24.3 Å². The summed E-state index contributed by atoms with van der Waals surface area (Å²) in [5.74, 6) is 1.25. The third-order valence-electron chi connectivity index (χ3n) is 5.76. The highest BCUT2D eigenvalue weighted by Gasteiger charge is 2.14. The molecule has 0 saturated heterocycles. The SMILES string of the molecule is O=C(CN(CCOc1ccc([N+](=O)[O-])cc1)Cc1ccccc1)c1ccc(OCc2ccccc2)cc1. The van der Waals surface area contributed by atoms with Gasteiger partial charge in [0.25, 0.3) is 5.69 Å². The van der Waals surface area contributed by atoms with Crippen LogP contribution in [-0.4, -0.2) is 35.3 Å². The van der Waals surface area contributed by atoms with E-state index >= 15 is 0 Å². The van der Waals surface area contributed by atoms with E-state index in [2.05, 4.69) is 0 Å². The van der Waals surface area contributed by atoms with Gasteiger partial charge in [0, 0.05) is 30.8 Å². The Morgan fingerprint density at radius 1 is 0.730 bits per heavy atom. The van der Waals surface area contributed by atoms with Crippen LogP contribution in [0.1, 0.15) is 21.5 Å². The molecule has 0 amide bonds. The van der Waals surface area contributed by atoms with E-state index in [0.717, 1.165) is 11.1 Å². The molecule has 7 nitrogen and oxygen atoms in total. The quantitative estimate of drug-likeness (QED) is 0.129. The molecule has 37 heavy (non-hydrogen) atoms. The number of nitrogens with zero attached hydrogens (tertiary/aromatic N) is 2. The molecule has 0 aliphatic rings. The maximum Gasteiger partial charge on any atom is 0.269 e. The lowest BCUT2D eigenvalue weighted by Crippen LogP contribution is -2.33. The van der Waals surface area contributed by atoms with Gasteiger partial charge in [-0.3, -0.25) is 19.8 Å². The Kier molecular flexibility index (Phi) is 8.99. The van der Waals surface area contributed by atoms with Gasteiger partial charge in [0.1, 0.15) is 24.7 Å². The topological polar surface area (TPSA) is 81.9 Å². The average Bonchev–Trinajstić information content (AvgIpc) is 2.93. The summed E-state index contributed by atoms with van der Waals surface area (Å²) in [5.41, 5.74) is 2.80. The normalized spacial score (nSPS) is 10.7. The van der Waals surface area contributed by atoms with Gasteiger partial charge in [0.15, 0.2) is 5.78 Å². The minimum absolute atomic E-state index is 0.000811. The van der Waals surface area contributed by atoms with Gasteiger partial charge in [-0.25, -0.2) is 0 Å². The van der Waals surface area contributed by atoms with E-state index in [9.17, 15) is 14.9 Å². The number of ether oxygens (including phenoxy) is 2. The van der Waals surface area contributed by atoms with Gasteiger partial charge in [-0.15, -0.1) is 0 Å². The van der Waals surface area contributed by atoms with E-state index in [4.69, 9.17) is 9.47 Å². The van der Waals surface area contributed by atoms with Crippen LogP contribution in [0.2, 0.25) is 0 Å². The maximum atomic E-state index is 13.1. The van der Waals surface area contributed by atoms with Crippen molar-refractivity contribution < 1.29 is 19.2 Å². The molecule has 0 bridgehead atoms. The van der Waals surface area contributed by atoms with Crippen LogP contribution < -0.4 is 9.47 Å². The zero-order valence-corrected chi connectivity index (χ0v) is 20.4. The highest BCUT2D eigenvalue weighted by atomic mass is 16.6. The van der Waals surface area contributed by atoms with Gasteiger partial charge in [-0.1, -0.05) is 60.7 Å². The number of nitro groups is 1. The Morgan fingerprint density at radius 2 is 1.30 bits per heavy atom. The van der Waals surface area contributed by atoms with Crippen LogP contribution in [-0.2, 0) is 13.2 Å². The lowest BCUT2D eigenvalue weighted by molar-refractivity contribution is -0.384. The molecule has 4 rings (SSSR count). The van der Waals surface area contributed by atoms with Gasteiger partial charge in [-0.05, 0) is 47.5 Å². The van der Waals surface area contributed by atoms with Gasteiger partial charge >= 0.3 is 0 Å². The second kappa shape index (κ2) is 13.0. The predicted molar refractivity (Wildman–Crippen MR) is 142 cm³/mol. The minimum Gasteiger partial charge on any atom is -0.492 e. The summed E-state index contributed by atoms with van der Waals surface area (Å²) in [4.78, 5) is 25.5.